The number of nitrogens with one attached hydrogen (secondary N) is 2. The van der Waals surface area contributed by atoms with Gasteiger partial charge in [0.1, 0.15) is 5.82 Å². The number of aromatic nitrogens is 1. The summed E-state index contributed by atoms with van der Waals surface area (Å²) in [5.74, 6) is 0.740. The molecule has 1 rings (SSSR count). The number of rotatable bonds is 9. The lowest BCUT2D eigenvalue weighted by Crippen LogP contribution is -2.34. The Kier molecular flexibility index (Phi) is 7.75. The molecule has 1 amide bonds. The van der Waals surface area contributed by atoms with E-state index in [0.29, 0.717) is 12.1 Å². The quantitative estimate of drug-likeness (QED) is 0.732. The summed E-state index contributed by atoms with van der Waals surface area (Å²) in [6, 6.07) is 3.68. The van der Waals surface area contributed by atoms with Crippen LogP contribution in [0.3, 0.4) is 0 Å². The zero-order valence-electron chi connectivity index (χ0n) is 13.7. The fourth-order valence-electron chi connectivity index (χ4n) is 2.14. The topological polar surface area (TPSA) is 57.3 Å². The lowest BCUT2D eigenvalue weighted by atomic mass is 10.2. The Hall–Kier alpha value is -1.62. The summed E-state index contributed by atoms with van der Waals surface area (Å²) in [4.78, 5) is 19.0. The van der Waals surface area contributed by atoms with E-state index in [4.69, 9.17) is 0 Å². The van der Waals surface area contributed by atoms with Gasteiger partial charge in [-0.2, -0.15) is 0 Å². The summed E-state index contributed by atoms with van der Waals surface area (Å²) in [5.41, 5.74) is 1.61. The van der Waals surface area contributed by atoms with Crippen molar-refractivity contribution in [2.24, 2.45) is 0 Å². The molecule has 0 unspecified atom stereocenters. The van der Waals surface area contributed by atoms with E-state index in [0.717, 1.165) is 44.1 Å². The molecule has 1 aromatic rings. The van der Waals surface area contributed by atoms with Crippen LogP contribution in [-0.2, 0) is 6.42 Å². The maximum atomic E-state index is 12.2. The van der Waals surface area contributed by atoms with Crippen LogP contribution >= 0.6 is 0 Å². The monoisotopic (exact) mass is 292 g/mol. The number of nitrogens with zero attached hydrogens (tertiary/aromatic N) is 2. The number of hydrogen-bond donors (Lipinski definition) is 2. The normalized spacial score (nSPS) is 10.7. The summed E-state index contributed by atoms with van der Waals surface area (Å²) in [6.45, 7) is 12.7. The third kappa shape index (κ3) is 5.71. The Balaban J connectivity index is 2.66. The van der Waals surface area contributed by atoms with Gasteiger partial charge >= 0.3 is 0 Å². The van der Waals surface area contributed by atoms with E-state index in [1.54, 1.807) is 0 Å². The molecule has 0 saturated carbocycles. The van der Waals surface area contributed by atoms with Gasteiger partial charge in [-0.15, -0.1) is 0 Å². The molecule has 1 heterocycles. The van der Waals surface area contributed by atoms with Crippen molar-refractivity contribution in [3.05, 3.63) is 23.4 Å². The van der Waals surface area contributed by atoms with Gasteiger partial charge in [-0.05, 0) is 38.6 Å². The molecule has 118 valence electrons. The third-order valence-corrected chi connectivity index (χ3v) is 3.47. The van der Waals surface area contributed by atoms with Gasteiger partial charge in [-0.3, -0.25) is 4.79 Å². The zero-order valence-corrected chi connectivity index (χ0v) is 13.7. The van der Waals surface area contributed by atoms with E-state index >= 15 is 0 Å². The molecule has 2 N–H and O–H groups in total. The molecule has 5 heteroatoms. The van der Waals surface area contributed by atoms with E-state index in [-0.39, 0.29) is 5.91 Å². The van der Waals surface area contributed by atoms with Crippen molar-refractivity contribution >= 4 is 11.7 Å². The first-order valence-electron chi connectivity index (χ1n) is 7.89. The first-order chi connectivity index (χ1) is 10.1. The van der Waals surface area contributed by atoms with Crippen molar-refractivity contribution in [3.63, 3.8) is 0 Å². The van der Waals surface area contributed by atoms with Gasteiger partial charge < -0.3 is 15.5 Å². The molecule has 0 aliphatic carbocycles. The molecule has 5 nitrogen and oxygen atoms in total. The fourth-order valence-corrected chi connectivity index (χ4v) is 2.14. The lowest BCUT2D eigenvalue weighted by molar-refractivity contribution is 0.0948. The van der Waals surface area contributed by atoms with Crippen molar-refractivity contribution in [1.82, 2.24) is 15.2 Å². The minimum absolute atomic E-state index is 0.0293. The van der Waals surface area contributed by atoms with Gasteiger partial charge in [0, 0.05) is 30.9 Å². The highest BCUT2D eigenvalue weighted by Gasteiger charge is 2.09. The van der Waals surface area contributed by atoms with Crippen LogP contribution in [0.4, 0.5) is 5.82 Å². The summed E-state index contributed by atoms with van der Waals surface area (Å²) >= 11 is 0. The van der Waals surface area contributed by atoms with Gasteiger partial charge in [-0.1, -0.05) is 20.8 Å². The predicted molar refractivity (Wildman–Crippen MR) is 87.9 cm³/mol. The van der Waals surface area contributed by atoms with Crippen molar-refractivity contribution in [2.45, 2.75) is 34.1 Å². The van der Waals surface area contributed by atoms with E-state index in [1.807, 2.05) is 26.0 Å². The van der Waals surface area contributed by atoms with E-state index in [2.05, 4.69) is 34.4 Å². The van der Waals surface area contributed by atoms with Gasteiger partial charge in [0.15, 0.2) is 0 Å². The number of likely N-dealkylation sites (N-methyl/N-ethyl adjacent to an activating group) is 1. The first kappa shape index (κ1) is 17.4. The van der Waals surface area contributed by atoms with E-state index in [9.17, 15) is 4.79 Å². The highest BCUT2D eigenvalue weighted by Crippen LogP contribution is 2.11. The number of aryl methyl sites for hydroxylation is 1. The Labute approximate surface area is 128 Å². The molecular formula is C16H28N4O. The molecule has 0 aromatic carbocycles. The average molecular weight is 292 g/mol. The molecule has 0 radical (unpaired) electrons. The van der Waals surface area contributed by atoms with Crippen LogP contribution in [0.1, 0.15) is 43.7 Å². The minimum atomic E-state index is -0.0293. The smallest absolute Gasteiger partial charge is 0.251 e. The third-order valence-electron chi connectivity index (χ3n) is 3.47. The molecule has 0 spiro atoms. The second-order valence-corrected chi connectivity index (χ2v) is 4.90. The average Bonchev–Trinajstić information content (AvgIpc) is 2.51. The second-order valence-electron chi connectivity index (χ2n) is 4.90. The number of carbonyl (C=O) groups is 1. The molecule has 0 atom stereocenters. The standard InChI is InChI=1S/C16H28N4O/c1-5-14-11-13(12-15(19-14)17-6-2)16(21)18-9-10-20(7-3)8-4/h11-12H,5-10H2,1-4H3,(H,17,19)(H,18,21). The highest BCUT2D eigenvalue weighted by atomic mass is 16.1. The van der Waals surface area contributed by atoms with Crippen molar-refractivity contribution in [1.29, 1.82) is 0 Å². The van der Waals surface area contributed by atoms with E-state index < -0.39 is 0 Å². The lowest BCUT2D eigenvalue weighted by Gasteiger charge is -2.18. The van der Waals surface area contributed by atoms with Crippen LogP contribution in [0.25, 0.3) is 0 Å². The Bertz CT molecular complexity index is 444. The van der Waals surface area contributed by atoms with Crippen LogP contribution < -0.4 is 10.6 Å². The summed E-state index contributed by atoms with van der Waals surface area (Å²) in [5, 5.41) is 6.15. The van der Waals surface area contributed by atoms with Crippen molar-refractivity contribution < 1.29 is 4.79 Å². The molecular weight excluding hydrogens is 264 g/mol. The first-order valence-corrected chi connectivity index (χ1v) is 7.89. The van der Waals surface area contributed by atoms with Gasteiger partial charge in [0.2, 0.25) is 0 Å². The Morgan fingerprint density at radius 1 is 1.19 bits per heavy atom. The minimum Gasteiger partial charge on any atom is -0.370 e. The number of anilines is 1. The van der Waals surface area contributed by atoms with Gasteiger partial charge in [-0.25, -0.2) is 4.98 Å². The van der Waals surface area contributed by atoms with Crippen molar-refractivity contribution in [2.75, 3.05) is 38.0 Å². The largest absolute Gasteiger partial charge is 0.370 e. The zero-order chi connectivity index (χ0) is 15.7. The number of carbonyl (C=O) groups excluding carboxylic acids is 1. The number of pyridine rings is 1. The number of hydrogen-bond acceptors (Lipinski definition) is 4. The Morgan fingerprint density at radius 2 is 1.90 bits per heavy atom. The summed E-state index contributed by atoms with van der Waals surface area (Å²) in [6.07, 6.45) is 0.818. The maximum Gasteiger partial charge on any atom is 0.251 e. The maximum absolute atomic E-state index is 12.2. The second kappa shape index (κ2) is 9.34. The van der Waals surface area contributed by atoms with Gasteiger partial charge in [0.05, 0.1) is 0 Å². The van der Waals surface area contributed by atoms with Crippen LogP contribution in [-0.4, -0.2) is 48.5 Å². The van der Waals surface area contributed by atoms with Crippen LogP contribution in [0.15, 0.2) is 12.1 Å². The number of amides is 1. The molecule has 0 bridgehead atoms. The summed E-state index contributed by atoms with van der Waals surface area (Å²) in [7, 11) is 0. The fraction of sp³-hybridized carbons (Fsp3) is 0.625. The summed E-state index contributed by atoms with van der Waals surface area (Å²) < 4.78 is 0. The molecule has 0 saturated heterocycles. The molecule has 0 aliphatic heterocycles. The van der Waals surface area contributed by atoms with Crippen LogP contribution in [0.5, 0.6) is 0 Å². The highest BCUT2D eigenvalue weighted by molar-refractivity contribution is 5.95. The Morgan fingerprint density at radius 3 is 2.48 bits per heavy atom. The SMILES string of the molecule is CCNc1cc(C(=O)NCCN(CC)CC)cc(CC)n1. The predicted octanol–water partition coefficient (Wildman–Crippen LogP) is 2.15. The van der Waals surface area contributed by atoms with Gasteiger partial charge in [0.25, 0.3) is 5.91 Å². The van der Waals surface area contributed by atoms with E-state index in [1.165, 1.54) is 0 Å². The van der Waals surface area contributed by atoms with Crippen LogP contribution in [0, 0.1) is 0 Å². The molecule has 0 aliphatic rings. The molecule has 0 fully saturated rings. The van der Waals surface area contributed by atoms with Crippen LogP contribution in [0.2, 0.25) is 0 Å². The molecule has 1 aromatic heterocycles. The molecule has 21 heavy (non-hydrogen) atoms. The van der Waals surface area contributed by atoms with Crippen molar-refractivity contribution in [3.8, 4) is 0 Å².